The molecular formula is C32H35ClFN5O3. The maximum atomic E-state index is 14.4. The van der Waals surface area contributed by atoms with Crippen LogP contribution in [0.25, 0.3) is 22.0 Å². The Morgan fingerprint density at radius 1 is 1.17 bits per heavy atom. The van der Waals surface area contributed by atoms with Crippen LogP contribution in [-0.2, 0) is 18.2 Å². The second-order valence-corrected chi connectivity index (χ2v) is 12.2. The van der Waals surface area contributed by atoms with Crippen LogP contribution in [0.3, 0.4) is 0 Å². The smallest absolute Gasteiger partial charge is 0.408 e. The number of alkyl carbamates (subject to hydrolysis) is 1. The standard InChI is InChI=1S/C32H35ClFN5O3/c1-18-14-19(16-20(34)15-18)17-25(37-30(40)42-31(2,3)4)27-22(9-8-21(36-27)12-13-32(5,6)41)23-10-11-24(33)26-28(23)39(7)38-29(26)35/h8-11,14-16,25,41H,17H2,1-7H3,(H2,35,38)(H,37,40). The Labute approximate surface area is 250 Å². The molecule has 0 saturated carbocycles. The summed E-state index contributed by atoms with van der Waals surface area (Å²) in [5.74, 6) is 5.60. The fourth-order valence-electron chi connectivity index (χ4n) is 4.71. The summed E-state index contributed by atoms with van der Waals surface area (Å²) >= 11 is 6.51. The van der Waals surface area contributed by atoms with Crippen molar-refractivity contribution in [3.05, 3.63) is 75.8 Å². The number of hydrogen-bond donors (Lipinski definition) is 3. The number of benzene rings is 2. The molecule has 8 nitrogen and oxygen atoms in total. The Kier molecular flexibility index (Phi) is 8.53. The molecule has 1 atom stereocenters. The topological polar surface area (TPSA) is 115 Å². The number of halogens is 2. The minimum Gasteiger partial charge on any atom is -0.444 e. The Morgan fingerprint density at radius 2 is 1.86 bits per heavy atom. The summed E-state index contributed by atoms with van der Waals surface area (Å²) in [5, 5.41) is 18.5. The number of ether oxygens (including phenoxy) is 1. The van der Waals surface area contributed by atoms with E-state index >= 15 is 0 Å². The minimum atomic E-state index is -1.25. The normalized spacial score (nSPS) is 12.5. The van der Waals surface area contributed by atoms with Crippen molar-refractivity contribution in [3.63, 3.8) is 0 Å². The number of fused-ring (bicyclic) bond motifs is 1. The summed E-state index contributed by atoms with van der Waals surface area (Å²) < 4.78 is 21.7. The van der Waals surface area contributed by atoms with Gasteiger partial charge in [0.05, 0.1) is 27.7 Å². The van der Waals surface area contributed by atoms with Crippen LogP contribution < -0.4 is 11.1 Å². The fraction of sp³-hybridized carbons (Fsp3) is 0.344. The van der Waals surface area contributed by atoms with E-state index in [0.29, 0.717) is 38.4 Å². The van der Waals surface area contributed by atoms with Crippen LogP contribution in [0.15, 0.2) is 42.5 Å². The molecule has 4 N–H and O–H groups in total. The molecule has 4 rings (SSSR count). The molecular weight excluding hydrogens is 557 g/mol. The number of nitrogen functional groups attached to an aromatic ring is 1. The first kappa shape index (κ1) is 30.8. The highest BCUT2D eigenvalue weighted by molar-refractivity contribution is 6.37. The number of rotatable bonds is 5. The monoisotopic (exact) mass is 591 g/mol. The van der Waals surface area contributed by atoms with E-state index in [-0.39, 0.29) is 18.1 Å². The summed E-state index contributed by atoms with van der Waals surface area (Å²) in [5.41, 5.74) is 8.47. The van der Waals surface area contributed by atoms with Gasteiger partial charge in [0, 0.05) is 18.2 Å². The van der Waals surface area contributed by atoms with E-state index in [1.807, 2.05) is 18.2 Å². The van der Waals surface area contributed by atoms with Crippen LogP contribution in [0.2, 0.25) is 5.02 Å². The van der Waals surface area contributed by atoms with Crippen LogP contribution in [0.1, 0.15) is 63.2 Å². The van der Waals surface area contributed by atoms with Gasteiger partial charge in [-0.1, -0.05) is 29.7 Å². The van der Waals surface area contributed by atoms with E-state index < -0.39 is 23.3 Å². The summed E-state index contributed by atoms with van der Waals surface area (Å²) in [7, 11) is 1.76. The van der Waals surface area contributed by atoms with Gasteiger partial charge in [-0.2, -0.15) is 5.10 Å². The zero-order valence-electron chi connectivity index (χ0n) is 24.8. The van der Waals surface area contributed by atoms with E-state index in [0.717, 1.165) is 11.1 Å². The van der Waals surface area contributed by atoms with Gasteiger partial charge in [-0.3, -0.25) is 4.68 Å². The first-order valence-corrected chi connectivity index (χ1v) is 13.8. The second-order valence-electron chi connectivity index (χ2n) is 11.8. The van der Waals surface area contributed by atoms with Gasteiger partial charge in [0.15, 0.2) is 5.82 Å². The van der Waals surface area contributed by atoms with E-state index in [1.54, 1.807) is 65.4 Å². The number of carbonyl (C=O) groups is 1. The Balaban J connectivity index is 1.98. The van der Waals surface area contributed by atoms with Gasteiger partial charge in [-0.15, -0.1) is 0 Å². The van der Waals surface area contributed by atoms with Gasteiger partial charge >= 0.3 is 6.09 Å². The summed E-state index contributed by atoms with van der Waals surface area (Å²) in [4.78, 5) is 18.0. The van der Waals surface area contributed by atoms with Crippen molar-refractivity contribution < 1.29 is 19.0 Å². The van der Waals surface area contributed by atoms with Crippen molar-refractivity contribution in [1.29, 1.82) is 0 Å². The molecule has 1 unspecified atom stereocenters. The van der Waals surface area contributed by atoms with Gasteiger partial charge in [0.25, 0.3) is 0 Å². The van der Waals surface area contributed by atoms with Crippen molar-refractivity contribution in [2.75, 3.05) is 5.73 Å². The lowest BCUT2D eigenvalue weighted by atomic mass is 9.93. The van der Waals surface area contributed by atoms with Gasteiger partial charge < -0.3 is 20.9 Å². The number of hydrogen-bond acceptors (Lipinski definition) is 6. The van der Waals surface area contributed by atoms with Crippen molar-refractivity contribution in [3.8, 4) is 23.0 Å². The van der Waals surface area contributed by atoms with Crippen LogP contribution in [0, 0.1) is 24.6 Å². The van der Waals surface area contributed by atoms with Crippen LogP contribution >= 0.6 is 11.6 Å². The largest absolute Gasteiger partial charge is 0.444 e. The first-order chi connectivity index (χ1) is 19.5. The number of anilines is 1. The highest BCUT2D eigenvalue weighted by Crippen LogP contribution is 2.39. The highest BCUT2D eigenvalue weighted by Gasteiger charge is 2.27. The Hall–Kier alpha value is -4.13. The van der Waals surface area contributed by atoms with Crippen molar-refractivity contribution in [2.45, 2.75) is 65.2 Å². The molecule has 10 heteroatoms. The molecule has 4 aromatic rings. The number of pyridine rings is 1. The third-order valence-corrected chi connectivity index (χ3v) is 6.55. The third kappa shape index (κ3) is 7.38. The number of nitrogens with one attached hydrogen (secondary N) is 1. The fourth-order valence-corrected chi connectivity index (χ4v) is 4.96. The van der Waals surface area contributed by atoms with E-state index in [9.17, 15) is 14.3 Å². The van der Waals surface area contributed by atoms with Crippen LogP contribution in [-0.4, -0.2) is 37.2 Å². The second kappa shape index (κ2) is 11.6. The quantitative estimate of drug-likeness (QED) is 0.236. The van der Waals surface area contributed by atoms with Crippen molar-refractivity contribution in [1.82, 2.24) is 20.1 Å². The number of carbonyl (C=O) groups excluding carboxylic acids is 1. The molecule has 0 spiro atoms. The minimum absolute atomic E-state index is 0.199. The lowest BCUT2D eigenvalue weighted by molar-refractivity contribution is 0.0502. The summed E-state index contributed by atoms with van der Waals surface area (Å²) in [6, 6.07) is 11.1. The average Bonchev–Trinajstić information content (AvgIpc) is 3.15. The van der Waals surface area contributed by atoms with Crippen molar-refractivity contribution >= 4 is 34.4 Å². The van der Waals surface area contributed by atoms with Gasteiger partial charge in [0.1, 0.15) is 22.7 Å². The molecule has 42 heavy (non-hydrogen) atoms. The summed E-state index contributed by atoms with van der Waals surface area (Å²) in [6.07, 6.45) is -0.461. The molecule has 2 heterocycles. The lowest BCUT2D eigenvalue weighted by Crippen LogP contribution is -2.36. The van der Waals surface area contributed by atoms with Crippen molar-refractivity contribution in [2.24, 2.45) is 7.05 Å². The maximum Gasteiger partial charge on any atom is 0.408 e. The first-order valence-electron chi connectivity index (χ1n) is 13.4. The molecule has 0 aliphatic rings. The number of amides is 1. The number of aliphatic hydroxyl groups is 1. The van der Waals surface area contributed by atoms with E-state index in [2.05, 4.69) is 22.3 Å². The highest BCUT2D eigenvalue weighted by atomic mass is 35.5. The third-order valence-electron chi connectivity index (χ3n) is 6.24. The summed E-state index contributed by atoms with van der Waals surface area (Å²) in [6.45, 7) is 10.3. The number of nitrogens with two attached hydrogens (primary N) is 1. The molecule has 0 aliphatic heterocycles. The molecule has 220 valence electrons. The SMILES string of the molecule is Cc1cc(F)cc(CC(NC(=O)OC(C)(C)C)c2nc(C#CC(C)(C)O)ccc2-c2ccc(Cl)c3c(N)nn(C)c23)c1. The molecule has 2 aromatic carbocycles. The van der Waals surface area contributed by atoms with E-state index in [4.69, 9.17) is 27.1 Å². The molecule has 0 saturated heterocycles. The van der Waals surface area contributed by atoms with Crippen LogP contribution in [0.4, 0.5) is 15.0 Å². The molecule has 0 fully saturated rings. The van der Waals surface area contributed by atoms with E-state index in [1.165, 1.54) is 12.1 Å². The molecule has 0 aliphatic carbocycles. The number of aromatic nitrogens is 3. The molecule has 2 aromatic heterocycles. The molecule has 0 bridgehead atoms. The predicted octanol–water partition coefficient (Wildman–Crippen LogP) is 6.25. The number of aryl methyl sites for hydroxylation is 2. The van der Waals surface area contributed by atoms with Crippen LogP contribution in [0.5, 0.6) is 0 Å². The lowest BCUT2D eigenvalue weighted by Gasteiger charge is -2.25. The van der Waals surface area contributed by atoms with Gasteiger partial charge in [-0.05, 0) is 95.3 Å². The zero-order chi connectivity index (χ0) is 31.0. The maximum absolute atomic E-state index is 14.4. The zero-order valence-corrected chi connectivity index (χ0v) is 25.5. The average molecular weight is 592 g/mol. The Morgan fingerprint density at radius 3 is 2.50 bits per heavy atom. The Bertz CT molecular complexity index is 1700. The molecule has 1 amide bonds. The number of nitrogens with zero attached hydrogens (tertiary/aromatic N) is 3. The van der Waals surface area contributed by atoms with Gasteiger partial charge in [-0.25, -0.2) is 14.2 Å². The van der Waals surface area contributed by atoms with Gasteiger partial charge in [0.2, 0.25) is 0 Å². The molecule has 0 radical (unpaired) electrons. The predicted molar refractivity (Wildman–Crippen MR) is 163 cm³/mol.